The summed E-state index contributed by atoms with van der Waals surface area (Å²) in [6.45, 7) is 3.59. The standard InChI is InChI=1S/C20H26N4O/c1-22-15-18-6-4-3-5-17(18)11-20(19(22)25)7-9-24(10-8-20)14-16-12-21-23(2)13-16/h3-6,12-13H,7-11,14-15H2,1-2H3. The minimum absolute atomic E-state index is 0.229. The van der Waals surface area contributed by atoms with Crippen molar-refractivity contribution in [1.29, 1.82) is 0 Å². The summed E-state index contributed by atoms with van der Waals surface area (Å²) in [5.41, 5.74) is 3.66. The summed E-state index contributed by atoms with van der Waals surface area (Å²) in [6.07, 6.45) is 6.76. The van der Waals surface area contributed by atoms with E-state index < -0.39 is 0 Å². The number of fused-ring (bicyclic) bond motifs is 1. The molecule has 0 radical (unpaired) electrons. The van der Waals surface area contributed by atoms with Crippen LogP contribution in [0.15, 0.2) is 36.7 Å². The molecule has 132 valence electrons. The Balaban J connectivity index is 1.51. The molecule has 0 bridgehead atoms. The zero-order valence-corrected chi connectivity index (χ0v) is 15.1. The van der Waals surface area contributed by atoms with E-state index in [1.807, 2.05) is 29.9 Å². The van der Waals surface area contributed by atoms with Gasteiger partial charge in [-0.2, -0.15) is 5.10 Å². The number of benzene rings is 1. The van der Waals surface area contributed by atoms with Crippen molar-refractivity contribution >= 4 is 5.91 Å². The van der Waals surface area contributed by atoms with Crippen LogP contribution in [-0.4, -0.2) is 45.6 Å². The molecule has 5 nitrogen and oxygen atoms in total. The maximum Gasteiger partial charge on any atom is 0.229 e. The molecule has 2 aromatic rings. The number of likely N-dealkylation sites (tertiary alicyclic amines) is 1. The molecule has 1 saturated heterocycles. The molecule has 2 aliphatic rings. The van der Waals surface area contributed by atoms with Crippen LogP contribution in [0.2, 0.25) is 0 Å². The molecular formula is C20H26N4O. The van der Waals surface area contributed by atoms with E-state index in [2.05, 4.69) is 40.5 Å². The van der Waals surface area contributed by atoms with Crippen molar-refractivity contribution in [3.63, 3.8) is 0 Å². The van der Waals surface area contributed by atoms with Crippen LogP contribution in [0.25, 0.3) is 0 Å². The number of hydrogen-bond acceptors (Lipinski definition) is 3. The average molecular weight is 338 g/mol. The summed E-state index contributed by atoms with van der Waals surface area (Å²) in [6, 6.07) is 8.53. The highest BCUT2D eigenvalue weighted by Gasteiger charge is 2.44. The zero-order valence-electron chi connectivity index (χ0n) is 15.1. The zero-order chi connectivity index (χ0) is 17.4. The Morgan fingerprint density at radius 1 is 1.12 bits per heavy atom. The maximum atomic E-state index is 13.2. The van der Waals surface area contributed by atoms with Gasteiger partial charge in [-0.05, 0) is 43.5 Å². The summed E-state index contributed by atoms with van der Waals surface area (Å²) in [4.78, 5) is 17.5. The smallest absolute Gasteiger partial charge is 0.229 e. The van der Waals surface area contributed by atoms with E-state index in [1.165, 1.54) is 16.7 Å². The van der Waals surface area contributed by atoms with Gasteiger partial charge in [0.2, 0.25) is 5.91 Å². The molecule has 0 atom stereocenters. The number of amides is 1. The average Bonchev–Trinajstić information content (AvgIpc) is 2.98. The molecule has 2 aliphatic heterocycles. The molecule has 25 heavy (non-hydrogen) atoms. The van der Waals surface area contributed by atoms with E-state index in [4.69, 9.17) is 0 Å². The van der Waals surface area contributed by atoms with E-state index in [-0.39, 0.29) is 5.41 Å². The van der Waals surface area contributed by atoms with Crippen LogP contribution >= 0.6 is 0 Å². The molecule has 0 saturated carbocycles. The van der Waals surface area contributed by atoms with Gasteiger partial charge in [0, 0.05) is 38.9 Å². The lowest BCUT2D eigenvalue weighted by molar-refractivity contribution is -0.143. The molecule has 4 rings (SSSR count). The first-order chi connectivity index (χ1) is 12.1. The Bertz CT molecular complexity index is 774. The fraction of sp³-hybridized carbons (Fsp3) is 0.500. The first-order valence-electron chi connectivity index (χ1n) is 9.08. The number of aryl methyl sites for hydroxylation is 1. The van der Waals surface area contributed by atoms with Crippen molar-refractivity contribution < 1.29 is 4.79 Å². The molecule has 1 amide bonds. The normalized spacial score (nSPS) is 20.6. The first kappa shape index (κ1) is 16.3. The highest BCUT2D eigenvalue weighted by atomic mass is 16.2. The third kappa shape index (κ3) is 3.09. The Morgan fingerprint density at radius 3 is 2.52 bits per heavy atom. The second-order valence-electron chi connectivity index (χ2n) is 7.69. The second-order valence-corrected chi connectivity index (χ2v) is 7.69. The maximum absolute atomic E-state index is 13.2. The van der Waals surface area contributed by atoms with Crippen molar-refractivity contribution in [2.24, 2.45) is 12.5 Å². The van der Waals surface area contributed by atoms with Gasteiger partial charge in [0.25, 0.3) is 0 Å². The molecule has 0 aliphatic carbocycles. The van der Waals surface area contributed by atoms with Crippen molar-refractivity contribution in [2.75, 3.05) is 20.1 Å². The van der Waals surface area contributed by atoms with E-state index >= 15 is 0 Å². The fourth-order valence-electron chi connectivity index (χ4n) is 4.40. The van der Waals surface area contributed by atoms with E-state index in [0.29, 0.717) is 5.91 Å². The van der Waals surface area contributed by atoms with Crippen molar-refractivity contribution in [2.45, 2.75) is 32.4 Å². The third-order valence-electron chi connectivity index (χ3n) is 5.83. The molecule has 1 fully saturated rings. The van der Waals surface area contributed by atoms with Gasteiger partial charge in [0.1, 0.15) is 0 Å². The lowest BCUT2D eigenvalue weighted by Gasteiger charge is -2.41. The topological polar surface area (TPSA) is 41.4 Å². The van der Waals surface area contributed by atoms with Crippen LogP contribution in [0.1, 0.15) is 29.5 Å². The fourth-order valence-corrected chi connectivity index (χ4v) is 4.40. The van der Waals surface area contributed by atoms with Gasteiger partial charge in [0.05, 0.1) is 11.6 Å². The monoisotopic (exact) mass is 338 g/mol. The van der Waals surface area contributed by atoms with Crippen LogP contribution in [-0.2, 0) is 31.4 Å². The van der Waals surface area contributed by atoms with Gasteiger partial charge >= 0.3 is 0 Å². The number of rotatable bonds is 2. The number of nitrogens with zero attached hydrogens (tertiary/aromatic N) is 4. The molecule has 5 heteroatoms. The van der Waals surface area contributed by atoms with Gasteiger partial charge in [0.15, 0.2) is 0 Å². The third-order valence-corrected chi connectivity index (χ3v) is 5.83. The van der Waals surface area contributed by atoms with Crippen LogP contribution < -0.4 is 0 Å². The largest absolute Gasteiger partial charge is 0.341 e. The second kappa shape index (κ2) is 6.30. The Labute approximate surface area is 149 Å². The van der Waals surface area contributed by atoms with Crippen LogP contribution in [0.4, 0.5) is 0 Å². The number of carbonyl (C=O) groups excluding carboxylic acids is 1. The SMILES string of the molecule is CN1Cc2ccccc2CC2(CCN(Cc3cnn(C)c3)CC2)C1=O. The molecule has 1 spiro atoms. The summed E-state index contributed by atoms with van der Waals surface area (Å²) in [5, 5.41) is 4.25. The molecule has 0 N–H and O–H groups in total. The quantitative estimate of drug-likeness (QED) is 0.843. The van der Waals surface area contributed by atoms with Gasteiger partial charge in [-0.25, -0.2) is 0 Å². The molecule has 1 aromatic heterocycles. The summed E-state index contributed by atoms with van der Waals surface area (Å²) in [5.74, 6) is 0.324. The summed E-state index contributed by atoms with van der Waals surface area (Å²) < 4.78 is 1.85. The van der Waals surface area contributed by atoms with Gasteiger partial charge < -0.3 is 4.90 Å². The number of hydrogen-bond donors (Lipinski definition) is 0. The van der Waals surface area contributed by atoms with E-state index in [0.717, 1.165) is 45.4 Å². The summed E-state index contributed by atoms with van der Waals surface area (Å²) in [7, 11) is 3.90. The van der Waals surface area contributed by atoms with Crippen LogP contribution in [0.3, 0.4) is 0 Å². The Kier molecular flexibility index (Phi) is 4.12. The predicted molar refractivity (Wildman–Crippen MR) is 96.8 cm³/mol. The number of carbonyl (C=O) groups is 1. The molecular weight excluding hydrogens is 312 g/mol. The van der Waals surface area contributed by atoms with E-state index in [9.17, 15) is 4.79 Å². The highest BCUT2D eigenvalue weighted by molar-refractivity contribution is 5.83. The highest BCUT2D eigenvalue weighted by Crippen LogP contribution is 2.40. The predicted octanol–water partition coefficient (Wildman–Crippen LogP) is 2.22. The lowest BCUT2D eigenvalue weighted by Crippen LogP contribution is -2.49. The van der Waals surface area contributed by atoms with E-state index in [1.54, 1.807) is 0 Å². The van der Waals surface area contributed by atoms with Crippen LogP contribution in [0.5, 0.6) is 0 Å². The molecule has 1 aromatic carbocycles. The van der Waals surface area contributed by atoms with Gasteiger partial charge in [-0.15, -0.1) is 0 Å². The minimum Gasteiger partial charge on any atom is -0.341 e. The van der Waals surface area contributed by atoms with Crippen LogP contribution in [0, 0.1) is 5.41 Å². The number of piperidine rings is 1. The molecule has 3 heterocycles. The summed E-state index contributed by atoms with van der Waals surface area (Å²) >= 11 is 0. The van der Waals surface area contributed by atoms with Crippen molar-refractivity contribution in [3.05, 3.63) is 53.3 Å². The minimum atomic E-state index is -0.229. The lowest BCUT2D eigenvalue weighted by atomic mass is 9.73. The molecule has 0 unspecified atom stereocenters. The first-order valence-corrected chi connectivity index (χ1v) is 9.08. The van der Waals surface area contributed by atoms with Gasteiger partial charge in [-0.3, -0.25) is 14.4 Å². The van der Waals surface area contributed by atoms with Gasteiger partial charge in [-0.1, -0.05) is 24.3 Å². The Morgan fingerprint density at radius 2 is 1.84 bits per heavy atom. The Hall–Kier alpha value is -2.14. The van der Waals surface area contributed by atoms with Crippen molar-refractivity contribution in [3.8, 4) is 0 Å². The van der Waals surface area contributed by atoms with Crippen molar-refractivity contribution in [1.82, 2.24) is 19.6 Å². The number of aromatic nitrogens is 2.